The van der Waals surface area contributed by atoms with Gasteiger partial charge in [-0.3, -0.25) is 14.4 Å². The van der Waals surface area contributed by atoms with Crippen LogP contribution in [0.15, 0.2) is 24.3 Å². The molecule has 0 aliphatic heterocycles. The number of esters is 3. The average Bonchev–Trinajstić information content (AvgIpc) is 3.21. The van der Waals surface area contributed by atoms with Crippen molar-refractivity contribution in [1.29, 1.82) is 0 Å². The Balaban J connectivity index is 4.37. The van der Waals surface area contributed by atoms with Crippen LogP contribution >= 0.6 is 0 Å². The largest absolute Gasteiger partial charge is 0.462 e. The molecule has 0 bridgehead atoms. The molecule has 0 aromatic rings. The lowest BCUT2D eigenvalue weighted by Gasteiger charge is -2.18. The quantitative estimate of drug-likeness (QED) is 0.0264. The maximum Gasteiger partial charge on any atom is 0.306 e. The van der Waals surface area contributed by atoms with Gasteiger partial charge >= 0.3 is 17.9 Å². The molecule has 0 saturated carbocycles. The van der Waals surface area contributed by atoms with Crippen LogP contribution in [0.3, 0.4) is 0 Å². The number of rotatable bonds is 45. The van der Waals surface area contributed by atoms with E-state index in [0.29, 0.717) is 19.3 Å². The van der Waals surface area contributed by atoms with Gasteiger partial charge in [-0.05, 0) is 70.6 Å². The van der Waals surface area contributed by atoms with E-state index in [1.807, 2.05) is 0 Å². The molecule has 0 fully saturated rings. The molecule has 0 aliphatic carbocycles. The Hall–Kier alpha value is -2.11. The van der Waals surface area contributed by atoms with Crippen LogP contribution in [-0.2, 0) is 28.6 Å². The molecule has 0 aromatic heterocycles. The number of unbranched alkanes of at least 4 members (excludes halogenated alkanes) is 30. The van der Waals surface area contributed by atoms with Crippen molar-refractivity contribution in [1.82, 2.24) is 0 Å². The van der Waals surface area contributed by atoms with Gasteiger partial charge in [0.2, 0.25) is 0 Å². The molecule has 0 saturated heterocycles. The van der Waals surface area contributed by atoms with Gasteiger partial charge in [0.25, 0.3) is 0 Å². The Morgan fingerprint density at radius 1 is 0.333 bits per heavy atom. The van der Waals surface area contributed by atoms with E-state index in [0.717, 1.165) is 70.6 Å². The molecule has 0 aliphatic rings. The Morgan fingerprint density at radius 2 is 0.579 bits per heavy atom. The maximum absolute atomic E-state index is 12.7. The Kier molecular flexibility index (Phi) is 44.9. The first-order chi connectivity index (χ1) is 28.0. The first-order valence-corrected chi connectivity index (χ1v) is 24.8. The summed E-state index contributed by atoms with van der Waals surface area (Å²) in [7, 11) is 0. The summed E-state index contributed by atoms with van der Waals surface area (Å²) in [6, 6.07) is 0. The van der Waals surface area contributed by atoms with E-state index < -0.39 is 6.10 Å². The minimum Gasteiger partial charge on any atom is -0.462 e. The highest BCUT2D eigenvalue weighted by Crippen LogP contribution is 2.15. The molecule has 1 unspecified atom stereocenters. The van der Waals surface area contributed by atoms with E-state index in [1.165, 1.54) is 154 Å². The summed E-state index contributed by atoms with van der Waals surface area (Å²) in [6.45, 7) is 6.60. The molecule has 0 heterocycles. The minimum atomic E-state index is -0.771. The number of carbonyl (C=O) groups is 3. The number of carbonyl (C=O) groups excluding carboxylic acids is 3. The molecule has 1 atom stereocenters. The van der Waals surface area contributed by atoms with Crippen LogP contribution in [0, 0.1) is 0 Å². The molecule has 0 radical (unpaired) electrons. The third-order valence-electron chi connectivity index (χ3n) is 10.9. The first-order valence-electron chi connectivity index (χ1n) is 24.8. The zero-order valence-corrected chi connectivity index (χ0v) is 38.1. The van der Waals surface area contributed by atoms with Gasteiger partial charge in [-0.2, -0.15) is 0 Å². The van der Waals surface area contributed by atoms with Crippen LogP contribution < -0.4 is 0 Å². The first kappa shape index (κ1) is 54.9. The maximum atomic E-state index is 12.7. The monoisotopic (exact) mass is 803 g/mol. The zero-order valence-electron chi connectivity index (χ0n) is 38.1. The average molecular weight is 803 g/mol. The smallest absolute Gasteiger partial charge is 0.306 e. The topological polar surface area (TPSA) is 78.9 Å². The van der Waals surface area contributed by atoms with E-state index >= 15 is 0 Å². The number of hydrogen-bond acceptors (Lipinski definition) is 6. The molecular formula is C51H94O6. The summed E-state index contributed by atoms with van der Waals surface area (Å²) in [6.07, 6.45) is 51.5. The van der Waals surface area contributed by atoms with E-state index in [1.54, 1.807) is 0 Å². The van der Waals surface area contributed by atoms with Crippen molar-refractivity contribution in [3.8, 4) is 0 Å². The van der Waals surface area contributed by atoms with E-state index in [-0.39, 0.29) is 31.1 Å². The zero-order chi connectivity index (χ0) is 41.5. The highest BCUT2D eigenvalue weighted by atomic mass is 16.6. The van der Waals surface area contributed by atoms with Crippen LogP contribution in [-0.4, -0.2) is 37.2 Å². The molecular weight excluding hydrogens is 709 g/mol. The molecule has 0 spiro atoms. The number of hydrogen-bond donors (Lipinski definition) is 0. The van der Waals surface area contributed by atoms with Crippen molar-refractivity contribution >= 4 is 17.9 Å². The van der Waals surface area contributed by atoms with Gasteiger partial charge in [0.1, 0.15) is 13.2 Å². The highest BCUT2D eigenvalue weighted by molar-refractivity contribution is 5.71. The van der Waals surface area contributed by atoms with Gasteiger partial charge in [0.05, 0.1) is 0 Å². The second kappa shape index (κ2) is 46.6. The predicted molar refractivity (Wildman–Crippen MR) is 243 cm³/mol. The summed E-state index contributed by atoms with van der Waals surface area (Å²) >= 11 is 0. The number of allylic oxidation sites excluding steroid dienone is 4. The second-order valence-corrected chi connectivity index (χ2v) is 16.7. The Labute approximate surface area is 353 Å². The Bertz CT molecular complexity index is 927. The van der Waals surface area contributed by atoms with Crippen molar-refractivity contribution < 1.29 is 28.6 Å². The lowest BCUT2D eigenvalue weighted by atomic mass is 10.0. The van der Waals surface area contributed by atoms with Gasteiger partial charge in [-0.15, -0.1) is 0 Å². The third kappa shape index (κ3) is 44.8. The van der Waals surface area contributed by atoms with Crippen molar-refractivity contribution in [2.24, 2.45) is 0 Å². The minimum absolute atomic E-state index is 0.0750. The van der Waals surface area contributed by atoms with Crippen molar-refractivity contribution in [3.05, 3.63) is 24.3 Å². The molecule has 0 amide bonds. The van der Waals surface area contributed by atoms with Crippen molar-refractivity contribution in [2.45, 2.75) is 271 Å². The molecule has 334 valence electrons. The molecule has 57 heavy (non-hydrogen) atoms. The summed E-state index contributed by atoms with van der Waals surface area (Å²) < 4.78 is 16.8. The SMILES string of the molecule is CCCCC/C=C\CCCCCCCC(=O)OCC(COC(=O)CCCCCCC/C=C\CCCCCCC)OC(=O)CCCCCCCCCCCCCCC. The lowest BCUT2D eigenvalue weighted by molar-refractivity contribution is -0.167. The molecule has 6 heteroatoms. The van der Waals surface area contributed by atoms with Crippen molar-refractivity contribution in [3.63, 3.8) is 0 Å². The van der Waals surface area contributed by atoms with Crippen LogP contribution in [0.4, 0.5) is 0 Å². The fraction of sp³-hybridized carbons (Fsp3) is 0.863. The summed E-state index contributed by atoms with van der Waals surface area (Å²) in [5.74, 6) is -0.882. The van der Waals surface area contributed by atoms with E-state index in [2.05, 4.69) is 45.1 Å². The van der Waals surface area contributed by atoms with E-state index in [9.17, 15) is 14.4 Å². The van der Waals surface area contributed by atoms with Crippen molar-refractivity contribution in [2.75, 3.05) is 13.2 Å². The third-order valence-corrected chi connectivity index (χ3v) is 10.9. The Morgan fingerprint density at radius 3 is 0.912 bits per heavy atom. The number of ether oxygens (including phenoxy) is 3. The van der Waals surface area contributed by atoms with Crippen LogP contribution in [0.1, 0.15) is 265 Å². The molecule has 0 N–H and O–H groups in total. The van der Waals surface area contributed by atoms with Crippen LogP contribution in [0.25, 0.3) is 0 Å². The second-order valence-electron chi connectivity index (χ2n) is 16.7. The van der Waals surface area contributed by atoms with Gasteiger partial charge in [-0.25, -0.2) is 0 Å². The van der Waals surface area contributed by atoms with Gasteiger partial charge in [-0.1, -0.05) is 199 Å². The van der Waals surface area contributed by atoms with Crippen LogP contribution in [0.5, 0.6) is 0 Å². The summed E-state index contributed by atoms with van der Waals surface area (Å²) in [5.41, 5.74) is 0. The summed E-state index contributed by atoms with van der Waals surface area (Å²) in [4.78, 5) is 37.8. The highest BCUT2D eigenvalue weighted by Gasteiger charge is 2.19. The lowest BCUT2D eigenvalue weighted by Crippen LogP contribution is -2.30. The predicted octanol–water partition coefficient (Wildman–Crippen LogP) is 16.0. The van der Waals surface area contributed by atoms with Crippen LogP contribution in [0.2, 0.25) is 0 Å². The van der Waals surface area contributed by atoms with E-state index in [4.69, 9.17) is 14.2 Å². The molecule has 0 aromatic carbocycles. The standard InChI is InChI=1S/C51H94O6/c1-4-7-10-13-16-19-22-25-27-29-32-35-38-41-44-50(53)56-47-48(46-55-49(52)43-40-37-34-31-28-24-21-18-15-12-9-6-3)57-51(54)45-42-39-36-33-30-26-23-20-17-14-11-8-5-2/h18,21-22,25,48H,4-17,19-20,23-24,26-47H2,1-3H3/b21-18-,25-22-. The molecule has 0 rings (SSSR count). The normalized spacial score (nSPS) is 12.1. The summed E-state index contributed by atoms with van der Waals surface area (Å²) in [5, 5.41) is 0. The van der Waals surface area contributed by atoms with Gasteiger partial charge in [0, 0.05) is 19.3 Å². The molecule has 6 nitrogen and oxygen atoms in total. The van der Waals surface area contributed by atoms with Gasteiger partial charge < -0.3 is 14.2 Å². The fourth-order valence-electron chi connectivity index (χ4n) is 7.14. The van der Waals surface area contributed by atoms with Gasteiger partial charge in [0.15, 0.2) is 6.10 Å². The fourth-order valence-corrected chi connectivity index (χ4v) is 7.14.